The SMILES string of the molecule is O=C(O)c1c[nH]n(-c2ncc(C(F)(F)F)cc2Cl)c1=O. The van der Waals surface area contributed by atoms with Gasteiger partial charge in [-0.3, -0.25) is 9.89 Å². The number of halogens is 4. The monoisotopic (exact) mass is 307 g/mol. The maximum Gasteiger partial charge on any atom is 0.417 e. The predicted octanol–water partition coefficient (Wildman–Crippen LogP) is 1.93. The minimum absolute atomic E-state index is 0.322. The van der Waals surface area contributed by atoms with Gasteiger partial charge in [0, 0.05) is 12.4 Å². The van der Waals surface area contributed by atoms with Gasteiger partial charge in [0.2, 0.25) is 0 Å². The molecule has 0 saturated carbocycles. The molecule has 0 fully saturated rings. The van der Waals surface area contributed by atoms with Gasteiger partial charge in [-0.05, 0) is 6.07 Å². The van der Waals surface area contributed by atoms with E-state index >= 15 is 0 Å². The number of pyridine rings is 1. The summed E-state index contributed by atoms with van der Waals surface area (Å²) in [7, 11) is 0. The summed E-state index contributed by atoms with van der Waals surface area (Å²) in [6.45, 7) is 0. The Hall–Kier alpha value is -2.29. The molecule has 2 aromatic heterocycles. The third-order valence-electron chi connectivity index (χ3n) is 2.36. The number of nitrogens with one attached hydrogen (secondary N) is 1. The lowest BCUT2D eigenvalue weighted by atomic mass is 10.3. The first-order valence-electron chi connectivity index (χ1n) is 4.98. The Morgan fingerprint density at radius 1 is 1.45 bits per heavy atom. The number of hydrogen-bond acceptors (Lipinski definition) is 3. The van der Waals surface area contributed by atoms with E-state index in [1.807, 2.05) is 0 Å². The molecular formula is C10H5ClF3N3O3. The van der Waals surface area contributed by atoms with Gasteiger partial charge < -0.3 is 5.11 Å². The largest absolute Gasteiger partial charge is 0.477 e. The molecule has 0 amide bonds. The summed E-state index contributed by atoms with van der Waals surface area (Å²) >= 11 is 5.64. The van der Waals surface area contributed by atoms with Crippen LogP contribution < -0.4 is 5.56 Å². The number of carboxylic acid groups (broad SMARTS) is 1. The second-order valence-corrected chi connectivity index (χ2v) is 4.07. The topological polar surface area (TPSA) is 88.0 Å². The average molecular weight is 308 g/mol. The van der Waals surface area contributed by atoms with Crippen LogP contribution in [0.2, 0.25) is 5.02 Å². The fourth-order valence-corrected chi connectivity index (χ4v) is 1.68. The van der Waals surface area contributed by atoms with Crippen LogP contribution in [-0.2, 0) is 6.18 Å². The summed E-state index contributed by atoms with van der Waals surface area (Å²) in [4.78, 5) is 25.8. The van der Waals surface area contributed by atoms with Gasteiger partial charge in [-0.25, -0.2) is 9.78 Å². The van der Waals surface area contributed by atoms with E-state index in [0.29, 0.717) is 16.9 Å². The van der Waals surface area contributed by atoms with E-state index in [4.69, 9.17) is 16.7 Å². The van der Waals surface area contributed by atoms with Gasteiger partial charge in [0.15, 0.2) is 5.82 Å². The molecule has 2 aromatic rings. The summed E-state index contributed by atoms with van der Waals surface area (Å²) in [5.74, 6) is -1.80. The fourth-order valence-electron chi connectivity index (χ4n) is 1.43. The Morgan fingerprint density at radius 3 is 2.55 bits per heavy atom. The van der Waals surface area contributed by atoms with Gasteiger partial charge in [-0.2, -0.15) is 17.9 Å². The summed E-state index contributed by atoms with van der Waals surface area (Å²) in [6.07, 6.45) is -3.24. The third kappa shape index (κ3) is 2.39. The van der Waals surface area contributed by atoms with Gasteiger partial charge in [0.1, 0.15) is 5.56 Å². The summed E-state index contributed by atoms with van der Waals surface area (Å²) in [5, 5.41) is 10.5. The lowest BCUT2D eigenvalue weighted by Crippen LogP contribution is -2.21. The van der Waals surface area contributed by atoms with Crippen molar-refractivity contribution in [2.45, 2.75) is 6.18 Å². The number of carbonyl (C=O) groups is 1. The van der Waals surface area contributed by atoms with Crippen LogP contribution in [0.5, 0.6) is 0 Å². The zero-order valence-corrected chi connectivity index (χ0v) is 10.2. The Balaban J connectivity index is 2.55. The Labute approximate surface area is 113 Å². The van der Waals surface area contributed by atoms with E-state index in [9.17, 15) is 22.8 Å². The molecule has 0 aliphatic carbocycles. The van der Waals surface area contributed by atoms with Crippen LogP contribution >= 0.6 is 11.6 Å². The number of nitrogens with zero attached hydrogens (tertiary/aromatic N) is 2. The lowest BCUT2D eigenvalue weighted by Gasteiger charge is -2.08. The third-order valence-corrected chi connectivity index (χ3v) is 2.64. The number of aromatic amines is 1. The minimum Gasteiger partial charge on any atom is -0.477 e. The molecule has 0 aliphatic heterocycles. The summed E-state index contributed by atoms with van der Waals surface area (Å²) in [5.41, 5.74) is -2.64. The molecule has 106 valence electrons. The molecule has 0 unspecified atom stereocenters. The van der Waals surface area contributed by atoms with Crippen molar-refractivity contribution in [1.82, 2.24) is 14.8 Å². The second kappa shape index (κ2) is 4.67. The van der Waals surface area contributed by atoms with Crippen molar-refractivity contribution in [3.63, 3.8) is 0 Å². The highest BCUT2D eigenvalue weighted by molar-refractivity contribution is 6.32. The van der Waals surface area contributed by atoms with Gasteiger partial charge in [-0.15, -0.1) is 0 Å². The molecule has 0 spiro atoms. The number of H-pyrrole nitrogens is 1. The Morgan fingerprint density at radius 2 is 2.10 bits per heavy atom. The molecule has 20 heavy (non-hydrogen) atoms. The molecule has 0 saturated heterocycles. The van der Waals surface area contributed by atoms with E-state index in [2.05, 4.69) is 10.1 Å². The van der Waals surface area contributed by atoms with E-state index in [1.165, 1.54) is 0 Å². The first-order chi connectivity index (χ1) is 9.21. The first-order valence-corrected chi connectivity index (χ1v) is 5.36. The maximum atomic E-state index is 12.4. The molecule has 0 bridgehead atoms. The van der Waals surface area contributed by atoms with E-state index in [-0.39, 0.29) is 5.82 Å². The lowest BCUT2D eigenvalue weighted by molar-refractivity contribution is -0.137. The van der Waals surface area contributed by atoms with Crippen molar-refractivity contribution in [2.75, 3.05) is 0 Å². The number of alkyl halides is 3. The van der Waals surface area contributed by atoms with Crippen molar-refractivity contribution in [1.29, 1.82) is 0 Å². The van der Waals surface area contributed by atoms with E-state index in [1.54, 1.807) is 0 Å². The number of hydrogen-bond donors (Lipinski definition) is 2. The van der Waals surface area contributed by atoms with Crippen LogP contribution in [0.4, 0.5) is 13.2 Å². The normalized spacial score (nSPS) is 11.6. The number of rotatable bonds is 2. The standard InChI is InChI=1S/C10H5ClF3N3O3/c11-6-1-4(10(12,13)14)2-15-7(6)17-8(18)5(3-16-17)9(19)20/h1-3,16H,(H,19,20). The van der Waals surface area contributed by atoms with Crippen LogP contribution in [0, 0.1) is 0 Å². The van der Waals surface area contributed by atoms with Gasteiger partial charge >= 0.3 is 12.1 Å². The molecular weight excluding hydrogens is 303 g/mol. The highest BCUT2D eigenvalue weighted by Gasteiger charge is 2.32. The first kappa shape index (κ1) is 14.1. The second-order valence-electron chi connectivity index (χ2n) is 3.66. The zero-order chi connectivity index (χ0) is 15.1. The van der Waals surface area contributed by atoms with E-state index < -0.39 is 33.9 Å². The molecule has 10 heteroatoms. The summed E-state index contributed by atoms with van der Waals surface area (Å²) < 4.78 is 38.0. The van der Waals surface area contributed by atoms with Crippen LogP contribution in [0.25, 0.3) is 5.82 Å². The molecule has 0 radical (unpaired) electrons. The molecule has 2 rings (SSSR count). The van der Waals surface area contributed by atoms with Crippen LogP contribution in [0.3, 0.4) is 0 Å². The van der Waals surface area contributed by atoms with Crippen LogP contribution in [0.15, 0.2) is 23.3 Å². The quantitative estimate of drug-likeness (QED) is 0.887. The molecule has 6 nitrogen and oxygen atoms in total. The maximum absolute atomic E-state index is 12.4. The van der Waals surface area contributed by atoms with Crippen molar-refractivity contribution < 1.29 is 23.1 Å². The smallest absolute Gasteiger partial charge is 0.417 e. The van der Waals surface area contributed by atoms with Crippen molar-refractivity contribution in [3.8, 4) is 5.82 Å². The molecule has 2 heterocycles. The molecule has 0 aliphatic rings. The predicted molar refractivity (Wildman–Crippen MR) is 61.2 cm³/mol. The number of aromatic nitrogens is 3. The van der Waals surface area contributed by atoms with Crippen LogP contribution in [0.1, 0.15) is 15.9 Å². The van der Waals surface area contributed by atoms with Gasteiger partial charge in [-0.1, -0.05) is 11.6 Å². The van der Waals surface area contributed by atoms with Crippen molar-refractivity contribution >= 4 is 17.6 Å². The summed E-state index contributed by atoms with van der Waals surface area (Å²) in [6, 6.07) is 0.595. The Bertz CT molecular complexity index is 735. The number of carboxylic acids is 1. The minimum atomic E-state index is -4.62. The fraction of sp³-hybridized carbons (Fsp3) is 0.100. The van der Waals surface area contributed by atoms with Crippen molar-refractivity contribution in [2.24, 2.45) is 0 Å². The molecule has 0 aromatic carbocycles. The molecule has 2 N–H and O–H groups in total. The van der Waals surface area contributed by atoms with E-state index in [0.717, 1.165) is 6.20 Å². The number of aromatic carboxylic acids is 1. The highest BCUT2D eigenvalue weighted by atomic mass is 35.5. The van der Waals surface area contributed by atoms with Gasteiger partial charge in [0.05, 0.1) is 10.6 Å². The van der Waals surface area contributed by atoms with Gasteiger partial charge in [0.25, 0.3) is 5.56 Å². The van der Waals surface area contributed by atoms with Crippen molar-refractivity contribution in [3.05, 3.63) is 45.0 Å². The Kier molecular flexibility index (Phi) is 3.30. The average Bonchev–Trinajstić information content (AvgIpc) is 2.70. The van der Waals surface area contributed by atoms with Crippen LogP contribution in [-0.4, -0.2) is 25.8 Å². The highest BCUT2D eigenvalue weighted by Crippen LogP contribution is 2.31. The zero-order valence-electron chi connectivity index (χ0n) is 9.40. The molecule has 0 atom stereocenters.